The summed E-state index contributed by atoms with van der Waals surface area (Å²) in [7, 11) is 0. The second kappa shape index (κ2) is 3.84. The van der Waals surface area contributed by atoms with Gasteiger partial charge >= 0.3 is 0 Å². The second-order valence-corrected chi connectivity index (χ2v) is 4.05. The van der Waals surface area contributed by atoms with Crippen LogP contribution in [0.2, 0.25) is 0 Å². The number of rotatable bonds is 3. The molecule has 2 fully saturated rings. The van der Waals surface area contributed by atoms with Gasteiger partial charge in [-0.3, -0.25) is 4.79 Å². The number of ether oxygens (including phenoxy) is 1. The minimum Gasteiger partial charge on any atom is -0.385 e. The molecule has 2 rings (SSSR count). The summed E-state index contributed by atoms with van der Waals surface area (Å²) in [5, 5.41) is 15.4. The van der Waals surface area contributed by atoms with Crippen LogP contribution < -0.4 is 10.6 Å². The van der Waals surface area contributed by atoms with E-state index in [-0.39, 0.29) is 12.0 Å². The van der Waals surface area contributed by atoms with Crippen LogP contribution in [0.4, 0.5) is 0 Å². The quantitative estimate of drug-likeness (QED) is 0.525. The van der Waals surface area contributed by atoms with Crippen LogP contribution >= 0.6 is 0 Å². The van der Waals surface area contributed by atoms with Crippen LogP contribution in [-0.4, -0.2) is 49.0 Å². The average molecular weight is 200 g/mol. The molecule has 3 N–H and O–H groups in total. The predicted octanol–water partition coefficient (Wildman–Crippen LogP) is -1.38. The average Bonchev–Trinajstić information content (AvgIpc) is 2.63. The van der Waals surface area contributed by atoms with E-state index in [1.54, 1.807) is 0 Å². The maximum absolute atomic E-state index is 11.5. The number of aliphatic hydroxyl groups is 1. The molecule has 14 heavy (non-hydrogen) atoms. The van der Waals surface area contributed by atoms with Crippen molar-refractivity contribution >= 4 is 5.91 Å². The van der Waals surface area contributed by atoms with Crippen LogP contribution in [-0.2, 0) is 9.53 Å². The molecule has 0 aromatic carbocycles. The van der Waals surface area contributed by atoms with Gasteiger partial charge in [0.1, 0.15) is 11.7 Å². The lowest BCUT2D eigenvalue weighted by atomic mass is 9.97. The molecule has 1 atom stereocenters. The van der Waals surface area contributed by atoms with E-state index in [1.807, 2.05) is 0 Å². The number of nitrogens with one attached hydrogen (secondary N) is 2. The van der Waals surface area contributed by atoms with Crippen molar-refractivity contribution in [1.82, 2.24) is 10.6 Å². The molecule has 0 aliphatic carbocycles. The summed E-state index contributed by atoms with van der Waals surface area (Å²) in [5.41, 5.74) is -0.742. The summed E-state index contributed by atoms with van der Waals surface area (Å²) in [5.74, 6) is -0.0946. The van der Waals surface area contributed by atoms with E-state index in [2.05, 4.69) is 10.6 Å². The van der Waals surface area contributed by atoms with Gasteiger partial charge in [0.05, 0.1) is 0 Å². The van der Waals surface area contributed by atoms with E-state index < -0.39 is 5.60 Å². The third-order valence-corrected chi connectivity index (χ3v) is 2.72. The fourth-order valence-corrected chi connectivity index (χ4v) is 1.69. The fourth-order valence-electron chi connectivity index (χ4n) is 1.69. The number of hydrogen-bond donors (Lipinski definition) is 3. The van der Waals surface area contributed by atoms with Crippen LogP contribution in [0.3, 0.4) is 0 Å². The normalized spacial score (nSPS) is 29.6. The lowest BCUT2D eigenvalue weighted by molar-refractivity contribution is -0.131. The first kappa shape index (κ1) is 9.89. The van der Waals surface area contributed by atoms with Crippen LogP contribution in [0.25, 0.3) is 0 Å². The van der Waals surface area contributed by atoms with Crippen LogP contribution in [0, 0.1) is 0 Å². The minimum absolute atomic E-state index is 0.0946. The summed E-state index contributed by atoms with van der Waals surface area (Å²) >= 11 is 0. The molecule has 0 saturated carbocycles. The molecule has 1 amide bonds. The Labute approximate surface area is 82.8 Å². The van der Waals surface area contributed by atoms with Gasteiger partial charge in [0.2, 0.25) is 5.91 Å². The molecule has 0 unspecified atom stereocenters. The number of β-amino-alcohol motifs (C(OH)–C–C–N with tert-alkyl or cyclic N) is 1. The van der Waals surface area contributed by atoms with Gasteiger partial charge in [-0.1, -0.05) is 0 Å². The molecule has 2 aliphatic rings. The summed E-state index contributed by atoms with van der Waals surface area (Å²) in [6, 6.07) is 0. The first-order valence-corrected chi connectivity index (χ1v) is 5.02. The topological polar surface area (TPSA) is 70.6 Å². The lowest BCUT2D eigenvalue weighted by Crippen LogP contribution is -2.65. The number of amides is 1. The molecule has 2 heterocycles. The van der Waals surface area contributed by atoms with E-state index in [0.717, 1.165) is 12.8 Å². The van der Waals surface area contributed by atoms with Crippen LogP contribution in [0.1, 0.15) is 12.8 Å². The van der Waals surface area contributed by atoms with E-state index in [1.165, 1.54) is 0 Å². The fraction of sp³-hybridized carbons (Fsp3) is 0.889. The number of carbonyl (C=O) groups is 1. The third kappa shape index (κ3) is 2.05. The van der Waals surface area contributed by atoms with Crippen molar-refractivity contribution in [3.8, 4) is 0 Å². The number of hydrogen-bond acceptors (Lipinski definition) is 4. The highest BCUT2D eigenvalue weighted by molar-refractivity contribution is 5.81. The zero-order valence-electron chi connectivity index (χ0n) is 8.08. The summed E-state index contributed by atoms with van der Waals surface area (Å²) < 4.78 is 5.22. The Balaban J connectivity index is 1.71. The van der Waals surface area contributed by atoms with Gasteiger partial charge < -0.3 is 20.5 Å². The Hall–Kier alpha value is -0.650. The molecule has 2 saturated heterocycles. The molecule has 0 aromatic heterocycles. The molecule has 2 aliphatic heterocycles. The maximum atomic E-state index is 11.5. The molecule has 5 heteroatoms. The first-order chi connectivity index (χ1) is 6.70. The van der Waals surface area contributed by atoms with Crippen molar-refractivity contribution in [2.45, 2.75) is 24.5 Å². The van der Waals surface area contributed by atoms with Gasteiger partial charge in [-0.05, 0) is 12.8 Å². The molecule has 5 nitrogen and oxygen atoms in total. The zero-order chi connectivity index (χ0) is 10.0. The van der Waals surface area contributed by atoms with Gasteiger partial charge in [0.25, 0.3) is 0 Å². The zero-order valence-corrected chi connectivity index (χ0v) is 8.08. The van der Waals surface area contributed by atoms with Gasteiger partial charge in [-0.25, -0.2) is 0 Å². The largest absolute Gasteiger partial charge is 0.385 e. The Bertz CT molecular complexity index is 222. The molecule has 0 bridgehead atoms. The van der Waals surface area contributed by atoms with Crippen molar-refractivity contribution in [2.75, 3.05) is 26.2 Å². The molecule has 0 radical (unpaired) electrons. The standard InChI is InChI=1S/C9H16N2O3/c12-8(7-2-1-3-14-7)11-6-9(13)4-10-5-9/h7,10,13H,1-6H2,(H,11,12)/t7-/m0/s1. The van der Waals surface area contributed by atoms with Crippen molar-refractivity contribution in [3.05, 3.63) is 0 Å². The van der Waals surface area contributed by atoms with Gasteiger partial charge in [0, 0.05) is 26.2 Å². The predicted molar refractivity (Wildman–Crippen MR) is 49.8 cm³/mol. The Morgan fingerprint density at radius 2 is 2.43 bits per heavy atom. The van der Waals surface area contributed by atoms with E-state index >= 15 is 0 Å². The molecule has 0 aromatic rings. The van der Waals surface area contributed by atoms with Crippen molar-refractivity contribution in [1.29, 1.82) is 0 Å². The Morgan fingerprint density at radius 1 is 1.64 bits per heavy atom. The molecule has 0 spiro atoms. The van der Waals surface area contributed by atoms with Crippen molar-refractivity contribution < 1.29 is 14.6 Å². The van der Waals surface area contributed by atoms with Gasteiger partial charge in [0.15, 0.2) is 0 Å². The van der Waals surface area contributed by atoms with E-state index in [4.69, 9.17) is 4.74 Å². The van der Waals surface area contributed by atoms with Crippen molar-refractivity contribution in [2.24, 2.45) is 0 Å². The summed E-state index contributed by atoms with van der Waals surface area (Å²) in [6.07, 6.45) is 1.44. The van der Waals surface area contributed by atoms with Crippen LogP contribution in [0.15, 0.2) is 0 Å². The first-order valence-electron chi connectivity index (χ1n) is 5.02. The van der Waals surface area contributed by atoms with Gasteiger partial charge in [-0.2, -0.15) is 0 Å². The monoisotopic (exact) mass is 200 g/mol. The molecular formula is C9H16N2O3. The smallest absolute Gasteiger partial charge is 0.249 e. The molecular weight excluding hydrogens is 184 g/mol. The Morgan fingerprint density at radius 3 is 2.93 bits per heavy atom. The SMILES string of the molecule is O=C(NCC1(O)CNC1)[C@@H]1CCCO1. The Kier molecular flexibility index (Phi) is 2.71. The highest BCUT2D eigenvalue weighted by atomic mass is 16.5. The maximum Gasteiger partial charge on any atom is 0.249 e. The third-order valence-electron chi connectivity index (χ3n) is 2.72. The van der Waals surface area contributed by atoms with Gasteiger partial charge in [-0.15, -0.1) is 0 Å². The highest BCUT2D eigenvalue weighted by Crippen LogP contribution is 2.13. The van der Waals surface area contributed by atoms with E-state index in [9.17, 15) is 9.90 Å². The van der Waals surface area contributed by atoms with Crippen molar-refractivity contribution in [3.63, 3.8) is 0 Å². The number of carbonyl (C=O) groups excluding carboxylic acids is 1. The van der Waals surface area contributed by atoms with E-state index in [0.29, 0.717) is 26.2 Å². The highest BCUT2D eigenvalue weighted by Gasteiger charge is 2.35. The second-order valence-electron chi connectivity index (χ2n) is 4.05. The van der Waals surface area contributed by atoms with Crippen LogP contribution in [0.5, 0.6) is 0 Å². The summed E-state index contributed by atoms with van der Waals surface area (Å²) in [4.78, 5) is 11.5. The molecule has 80 valence electrons. The lowest BCUT2D eigenvalue weighted by Gasteiger charge is -2.37. The summed E-state index contributed by atoms with van der Waals surface area (Å²) in [6.45, 7) is 2.10. The minimum atomic E-state index is -0.742.